The number of carbonyl (C=O) groups is 2. The zero-order valence-corrected chi connectivity index (χ0v) is 16.7. The number of hydrogen-bond acceptors (Lipinski definition) is 8. The largest absolute Gasteiger partial charge is 0.497 e. The van der Waals surface area contributed by atoms with Gasteiger partial charge in [-0.3, -0.25) is 14.5 Å². The monoisotopic (exact) mass is 429 g/mol. The zero-order chi connectivity index (χ0) is 22.1. The molecule has 0 aliphatic carbocycles. The van der Waals surface area contributed by atoms with Crippen LogP contribution in [0.15, 0.2) is 48.5 Å². The van der Waals surface area contributed by atoms with Gasteiger partial charge in [0, 0.05) is 0 Å². The van der Waals surface area contributed by atoms with E-state index >= 15 is 0 Å². The summed E-state index contributed by atoms with van der Waals surface area (Å²) in [6.07, 6.45) is -5.49. The van der Waals surface area contributed by atoms with Crippen LogP contribution in [0.2, 0.25) is 0 Å². The fraction of sp³-hybridized carbons (Fsp3) is 0.364. The summed E-state index contributed by atoms with van der Waals surface area (Å²) in [5.41, 5.74) is 1.16. The Hall–Kier alpha value is -2.82. The highest BCUT2D eigenvalue weighted by atomic mass is 16.7. The van der Waals surface area contributed by atoms with Crippen molar-refractivity contribution in [3.8, 4) is 5.75 Å². The minimum Gasteiger partial charge on any atom is -0.497 e. The Labute approximate surface area is 178 Å². The van der Waals surface area contributed by atoms with Crippen LogP contribution in [0.1, 0.15) is 26.3 Å². The van der Waals surface area contributed by atoms with Crippen LogP contribution in [0, 0.1) is 0 Å². The molecule has 164 valence electrons. The molecule has 0 spiro atoms. The number of imide groups is 1. The molecule has 2 amide bonds. The van der Waals surface area contributed by atoms with Gasteiger partial charge in [0.1, 0.15) is 30.1 Å². The fourth-order valence-electron chi connectivity index (χ4n) is 3.86. The van der Waals surface area contributed by atoms with E-state index in [4.69, 9.17) is 14.2 Å². The van der Waals surface area contributed by atoms with Gasteiger partial charge in [0.25, 0.3) is 11.8 Å². The fourth-order valence-corrected chi connectivity index (χ4v) is 3.86. The molecule has 2 aliphatic heterocycles. The van der Waals surface area contributed by atoms with Crippen LogP contribution in [0.5, 0.6) is 5.75 Å². The SMILES string of the molecule is COc1ccc(CO[C@@H]2OC(CO)[C@@H](O)C(O)C2N2C(=O)c3ccccc3C2=O)cc1. The smallest absolute Gasteiger partial charge is 0.262 e. The van der Waals surface area contributed by atoms with Gasteiger partial charge in [0.05, 0.1) is 31.5 Å². The average Bonchev–Trinajstić information content (AvgIpc) is 3.05. The standard InChI is InChI=1S/C22H23NO8/c1-29-13-8-6-12(7-9-13)11-30-22-17(19(26)18(25)16(10-24)31-22)23-20(27)14-4-2-3-5-15(14)21(23)28/h2-9,16-19,22,24-26H,10-11H2,1H3/t16?,17?,18-,19?,22-/m1/s1. The lowest BCUT2D eigenvalue weighted by Crippen LogP contribution is -2.65. The predicted octanol–water partition coefficient (Wildman–Crippen LogP) is 0.316. The normalized spacial score (nSPS) is 28.0. The summed E-state index contributed by atoms with van der Waals surface area (Å²) in [6.45, 7) is -0.537. The summed E-state index contributed by atoms with van der Waals surface area (Å²) < 4.78 is 16.6. The molecule has 3 unspecified atom stereocenters. The molecule has 9 nitrogen and oxygen atoms in total. The van der Waals surface area contributed by atoms with E-state index in [0.29, 0.717) is 5.75 Å². The molecule has 3 N–H and O–H groups in total. The van der Waals surface area contributed by atoms with Crippen LogP contribution in [0.3, 0.4) is 0 Å². The van der Waals surface area contributed by atoms with E-state index in [-0.39, 0.29) is 17.7 Å². The third-order valence-corrected chi connectivity index (χ3v) is 5.55. The van der Waals surface area contributed by atoms with Crippen molar-refractivity contribution in [3.63, 3.8) is 0 Å². The Morgan fingerprint density at radius 2 is 1.58 bits per heavy atom. The molecule has 0 radical (unpaired) electrons. The van der Waals surface area contributed by atoms with Crippen molar-refractivity contribution >= 4 is 11.8 Å². The molecule has 0 aromatic heterocycles. The molecule has 9 heteroatoms. The minimum atomic E-state index is -1.58. The average molecular weight is 429 g/mol. The van der Waals surface area contributed by atoms with Gasteiger partial charge in [0.2, 0.25) is 0 Å². The van der Waals surface area contributed by atoms with Crippen LogP contribution in [0.4, 0.5) is 0 Å². The molecule has 2 aromatic carbocycles. The Morgan fingerprint density at radius 3 is 2.13 bits per heavy atom. The molecule has 0 bridgehead atoms. The van der Waals surface area contributed by atoms with Crippen LogP contribution >= 0.6 is 0 Å². The molecular weight excluding hydrogens is 406 g/mol. The Kier molecular flexibility index (Phi) is 6.03. The highest BCUT2D eigenvalue weighted by molar-refractivity contribution is 6.21. The maximum Gasteiger partial charge on any atom is 0.262 e. The van der Waals surface area contributed by atoms with E-state index in [1.807, 2.05) is 0 Å². The van der Waals surface area contributed by atoms with Gasteiger partial charge in [-0.25, -0.2) is 0 Å². The third-order valence-electron chi connectivity index (χ3n) is 5.55. The highest BCUT2D eigenvalue weighted by Crippen LogP contribution is 2.33. The van der Waals surface area contributed by atoms with Gasteiger partial charge >= 0.3 is 0 Å². The zero-order valence-electron chi connectivity index (χ0n) is 16.7. The van der Waals surface area contributed by atoms with Crippen LogP contribution in [-0.4, -0.2) is 76.4 Å². The summed E-state index contributed by atoms with van der Waals surface area (Å²) in [5, 5.41) is 30.7. The van der Waals surface area contributed by atoms with E-state index in [1.54, 1.807) is 43.5 Å². The van der Waals surface area contributed by atoms with Crippen molar-refractivity contribution in [1.82, 2.24) is 4.90 Å². The quantitative estimate of drug-likeness (QED) is 0.561. The second-order valence-corrected chi connectivity index (χ2v) is 7.38. The van der Waals surface area contributed by atoms with E-state index in [0.717, 1.165) is 10.5 Å². The van der Waals surface area contributed by atoms with Crippen molar-refractivity contribution in [2.75, 3.05) is 13.7 Å². The van der Waals surface area contributed by atoms with Crippen molar-refractivity contribution in [3.05, 3.63) is 65.2 Å². The van der Waals surface area contributed by atoms with Crippen molar-refractivity contribution in [2.45, 2.75) is 37.3 Å². The Balaban J connectivity index is 1.61. The number of amides is 2. The van der Waals surface area contributed by atoms with Crippen LogP contribution in [-0.2, 0) is 16.1 Å². The summed E-state index contributed by atoms with van der Waals surface area (Å²) in [6, 6.07) is 12.0. The number of rotatable bonds is 6. The van der Waals surface area contributed by atoms with Gasteiger partial charge in [-0.15, -0.1) is 0 Å². The lowest BCUT2D eigenvalue weighted by Gasteiger charge is -2.44. The molecule has 1 saturated heterocycles. The number of hydrogen-bond donors (Lipinski definition) is 3. The van der Waals surface area contributed by atoms with Crippen molar-refractivity contribution < 1.29 is 39.1 Å². The van der Waals surface area contributed by atoms with E-state index in [9.17, 15) is 24.9 Å². The Morgan fingerprint density at radius 1 is 0.968 bits per heavy atom. The lowest BCUT2D eigenvalue weighted by molar-refractivity contribution is -0.282. The number of methoxy groups -OCH3 is 1. The first-order valence-corrected chi connectivity index (χ1v) is 9.80. The van der Waals surface area contributed by atoms with E-state index in [1.165, 1.54) is 12.1 Å². The number of aliphatic hydroxyl groups excluding tert-OH is 3. The first-order chi connectivity index (χ1) is 15.0. The molecule has 4 rings (SSSR count). The molecule has 1 fully saturated rings. The second kappa shape index (κ2) is 8.74. The van der Waals surface area contributed by atoms with Crippen LogP contribution in [0.25, 0.3) is 0 Å². The van der Waals surface area contributed by atoms with Crippen molar-refractivity contribution in [2.24, 2.45) is 0 Å². The maximum atomic E-state index is 12.9. The lowest BCUT2D eigenvalue weighted by atomic mass is 9.95. The first-order valence-electron chi connectivity index (χ1n) is 9.80. The van der Waals surface area contributed by atoms with Gasteiger partial charge in [-0.1, -0.05) is 24.3 Å². The number of carbonyl (C=O) groups excluding carboxylic acids is 2. The number of fused-ring (bicyclic) bond motifs is 1. The predicted molar refractivity (Wildman–Crippen MR) is 106 cm³/mol. The number of ether oxygens (including phenoxy) is 3. The summed E-state index contributed by atoms with van der Waals surface area (Å²) in [5.74, 6) is -0.553. The molecule has 5 atom stereocenters. The summed E-state index contributed by atoms with van der Waals surface area (Å²) in [4.78, 5) is 26.7. The number of nitrogens with zero attached hydrogens (tertiary/aromatic N) is 1. The van der Waals surface area contributed by atoms with Gasteiger partial charge in [0.15, 0.2) is 6.29 Å². The molecule has 2 aliphatic rings. The minimum absolute atomic E-state index is 0.0370. The van der Waals surface area contributed by atoms with E-state index in [2.05, 4.69) is 0 Å². The van der Waals surface area contributed by atoms with Gasteiger partial charge in [-0.05, 0) is 29.8 Å². The molecule has 2 heterocycles. The summed E-state index contributed by atoms with van der Waals surface area (Å²) >= 11 is 0. The number of aliphatic hydroxyl groups is 3. The third kappa shape index (κ3) is 3.82. The molecule has 31 heavy (non-hydrogen) atoms. The van der Waals surface area contributed by atoms with Crippen LogP contribution < -0.4 is 4.74 Å². The summed E-state index contributed by atoms with van der Waals surface area (Å²) in [7, 11) is 1.55. The molecular formula is C22H23NO8. The highest BCUT2D eigenvalue weighted by Gasteiger charge is 2.53. The maximum absolute atomic E-state index is 12.9. The van der Waals surface area contributed by atoms with E-state index < -0.39 is 49.1 Å². The molecule has 0 saturated carbocycles. The van der Waals surface area contributed by atoms with Crippen molar-refractivity contribution in [1.29, 1.82) is 0 Å². The molecule has 2 aromatic rings. The van der Waals surface area contributed by atoms with Gasteiger partial charge in [-0.2, -0.15) is 0 Å². The second-order valence-electron chi connectivity index (χ2n) is 7.38. The topological polar surface area (TPSA) is 126 Å². The Bertz CT molecular complexity index is 927. The number of benzene rings is 2. The van der Waals surface area contributed by atoms with Gasteiger partial charge < -0.3 is 29.5 Å². The first kappa shape index (κ1) is 21.4.